The summed E-state index contributed by atoms with van der Waals surface area (Å²) in [7, 11) is 0. The third kappa shape index (κ3) is 2.80. The van der Waals surface area contributed by atoms with Crippen LogP contribution in [0.4, 0.5) is 0 Å². The molecule has 144 valence electrons. The van der Waals surface area contributed by atoms with Crippen LogP contribution in [0.15, 0.2) is 52.3 Å². The number of carbonyl (C=O) groups is 1. The van der Waals surface area contributed by atoms with Crippen LogP contribution in [0.25, 0.3) is 0 Å². The molecule has 1 aromatic carbocycles. The van der Waals surface area contributed by atoms with Gasteiger partial charge in [-0.3, -0.25) is 9.78 Å². The molecule has 5 rings (SSSR count). The Morgan fingerprint density at radius 3 is 2.68 bits per heavy atom. The minimum atomic E-state index is -0.508. The van der Waals surface area contributed by atoms with Crippen LogP contribution in [0.2, 0.25) is 0 Å². The molecule has 4 heterocycles. The lowest BCUT2D eigenvalue weighted by Gasteiger charge is -2.51. The zero-order valence-electron chi connectivity index (χ0n) is 15.6. The van der Waals surface area contributed by atoms with Crippen molar-refractivity contribution in [2.75, 3.05) is 13.1 Å². The fourth-order valence-corrected chi connectivity index (χ4v) is 4.85. The topological polar surface area (TPSA) is 58.0 Å². The average Bonchev–Trinajstić information content (AvgIpc) is 3.17. The maximum atomic E-state index is 11.8. The van der Waals surface area contributed by atoms with Gasteiger partial charge in [-0.2, -0.15) is 5.10 Å². The molecule has 6 nitrogen and oxygen atoms in total. The van der Waals surface area contributed by atoms with E-state index in [0.29, 0.717) is 13.1 Å². The first-order chi connectivity index (χ1) is 13.6. The van der Waals surface area contributed by atoms with E-state index in [9.17, 15) is 4.79 Å². The Hall–Kier alpha value is -2.41. The van der Waals surface area contributed by atoms with Gasteiger partial charge in [-0.1, -0.05) is 15.9 Å². The lowest BCUT2D eigenvalue weighted by molar-refractivity contribution is -0.158. The third-order valence-corrected chi connectivity index (χ3v) is 6.46. The summed E-state index contributed by atoms with van der Waals surface area (Å²) in [5.41, 5.74) is 2.79. The van der Waals surface area contributed by atoms with Gasteiger partial charge < -0.3 is 9.64 Å². The highest BCUT2D eigenvalue weighted by atomic mass is 79.9. The summed E-state index contributed by atoms with van der Waals surface area (Å²) in [5, 5.41) is 7.20. The number of hydrogen-bond acceptors (Lipinski definition) is 5. The van der Waals surface area contributed by atoms with E-state index in [2.05, 4.69) is 32.0 Å². The van der Waals surface area contributed by atoms with Gasteiger partial charge in [-0.25, -0.2) is 5.01 Å². The van der Waals surface area contributed by atoms with Crippen molar-refractivity contribution in [2.24, 2.45) is 5.10 Å². The molecule has 2 aromatic rings. The summed E-state index contributed by atoms with van der Waals surface area (Å²) >= 11 is 3.59. The van der Waals surface area contributed by atoms with Crippen LogP contribution in [0.1, 0.15) is 43.4 Å². The van der Waals surface area contributed by atoms with Crippen LogP contribution in [-0.2, 0) is 4.79 Å². The maximum absolute atomic E-state index is 11.8. The van der Waals surface area contributed by atoms with Crippen molar-refractivity contribution >= 4 is 27.5 Å². The molecule has 0 bridgehead atoms. The van der Waals surface area contributed by atoms with E-state index in [1.165, 1.54) is 0 Å². The van der Waals surface area contributed by atoms with Crippen LogP contribution < -0.4 is 4.74 Å². The van der Waals surface area contributed by atoms with E-state index in [1.807, 2.05) is 29.2 Å². The molecular weight excluding hydrogens is 420 g/mol. The number of carbonyl (C=O) groups excluding carboxylic acids is 1. The fraction of sp³-hybridized carbons (Fsp3) is 0.381. The van der Waals surface area contributed by atoms with Gasteiger partial charge in [0.2, 0.25) is 11.6 Å². The van der Waals surface area contributed by atoms with Crippen molar-refractivity contribution in [3.63, 3.8) is 0 Å². The first-order valence-electron chi connectivity index (χ1n) is 9.57. The monoisotopic (exact) mass is 440 g/mol. The molecular formula is C21H21BrN4O2. The minimum absolute atomic E-state index is 0.119. The molecule has 28 heavy (non-hydrogen) atoms. The molecule has 1 spiro atoms. The number of benzene rings is 1. The standard InChI is InChI=1S/C21H21BrN4O2/c1-14(27)25-10-6-21(7-11-25)26-19(17-12-16(22)2-3-20(17)28-21)13-18(24-26)15-4-8-23-9-5-15/h2-5,8-9,12,19H,6-7,10-11,13H2,1H3/t19-/m0/s1. The molecule has 1 fully saturated rings. The SMILES string of the molecule is CC(=O)N1CCC2(CC1)Oc1ccc(Br)cc1[C@@H]1CC(c3ccncc3)=NN12. The number of pyridine rings is 1. The summed E-state index contributed by atoms with van der Waals surface area (Å²) in [5.74, 6) is 1.04. The molecule has 7 heteroatoms. The van der Waals surface area contributed by atoms with E-state index in [-0.39, 0.29) is 11.9 Å². The zero-order valence-corrected chi connectivity index (χ0v) is 17.2. The Kier molecular flexibility index (Phi) is 4.16. The number of halogens is 1. The number of likely N-dealkylation sites (tertiary alicyclic amines) is 1. The highest BCUT2D eigenvalue weighted by Gasteiger charge is 2.52. The van der Waals surface area contributed by atoms with Gasteiger partial charge in [0, 0.05) is 67.3 Å². The minimum Gasteiger partial charge on any atom is -0.466 e. The first-order valence-corrected chi connectivity index (χ1v) is 10.4. The maximum Gasteiger partial charge on any atom is 0.219 e. The molecule has 0 aliphatic carbocycles. The summed E-state index contributed by atoms with van der Waals surface area (Å²) in [4.78, 5) is 17.8. The van der Waals surface area contributed by atoms with E-state index in [0.717, 1.165) is 46.3 Å². The average molecular weight is 441 g/mol. The largest absolute Gasteiger partial charge is 0.466 e. The van der Waals surface area contributed by atoms with Gasteiger partial charge >= 0.3 is 0 Å². The van der Waals surface area contributed by atoms with Crippen LogP contribution >= 0.6 is 15.9 Å². The lowest BCUT2D eigenvalue weighted by Crippen LogP contribution is -2.59. The molecule has 1 amide bonds. The number of amides is 1. The fourth-order valence-electron chi connectivity index (χ4n) is 4.47. The van der Waals surface area contributed by atoms with Crippen LogP contribution in [-0.4, -0.2) is 45.3 Å². The van der Waals surface area contributed by atoms with E-state index in [1.54, 1.807) is 19.3 Å². The molecule has 0 N–H and O–H groups in total. The van der Waals surface area contributed by atoms with Crippen molar-refractivity contribution in [1.82, 2.24) is 14.9 Å². The number of rotatable bonds is 1. The quantitative estimate of drug-likeness (QED) is 0.677. The predicted molar refractivity (Wildman–Crippen MR) is 109 cm³/mol. The normalized spacial score (nSPS) is 22.4. The number of piperidine rings is 1. The van der Waals surface area contributed by atoms with Gasteiger partial charge in [0.05, 0.1) is 11.8 Å². The van der Waals surface area contributed by atoms with E-state index < -0.39 is 5.72 Å². The molecule has 1 aromatic heterocycles. The Balaban J connectivity index is 1.56. The molecule has 3 aliphatic rings. The van der Waals surface area contributed by atoms with Crippen molar-refractivity contribution < 1.29 is 9.53 Å². The lowest BCUT2D eigenvalue weighted by atomic mass is 9.91. The second-order valence-corrected chi connectivity index (χ2v) is 8.50. The predicted octanol–water partition coefficient (Wildman–Crippen LogP) is 3.73. The highest BCUT2D eigenvalue weighted by molar-refractivity contribution is 9.10. The summed E-state index contributed by atoms with van der Waals surface area (Å²) < 4.78 is 7.63. The van der Waals surface area contributed by atoms with Crippen LogP contribution in [0.5, 0.6) is 5.75 Å². The zero-order chi connectivity index (χ0) is 19.3. The number of nitrogens with zero attached hydrogens (tertiary/aromatic N) is 4. The van der Waals surface area contributed by atoms with E-state index >= 15 is 0 Å². The van der Waals surface area contributed by atoms with Gasteiger partial charge in [-0.05, 0) is 30.3 Å². The smallest absolute Gasteiger partial charge is 0.219 e. The number of fused-ring (bicyclic) bond motifs is 4. The molecule has 0 unspecified atom stereocenters. The molecule has 1 atom stereocenters. The van der Waals surface area contributed by atoms with Crippen molar-refractivity contribution in [1.29, 1.82) is 0 Å². The number of hydrogen-bond donors (Lipinski definition) is 0. The van der Waals surface area contributed by atoms with Gasteiger partial charge in [-0.15, -0.1) is 0 Å². The number of hydrazone groups is 1. The summed E-state index contributed by atoms with van der Waals surface area (Å²) in [6.07, 6.45) is 5.92. The Labute approximate surface area is 172 Å². The summed E-state index contributed by atoms with van der Waals surface area (Å²) in [6, 6.07) is 10.3. The highest BCUT2D eigenvalue weighted by Crippen LogP contribution is 2.50. The molecule has 0 radical (unpaired) electrons. The van der Waals surface area contributed by atoms with Crippen molar-refractivity contribution in [3.8, 4) is 5.75 Å². The Morgan fingerprint density at radius 2 is 1.96 bits per heavy atom. The molecule has 0 saturated carbocycles. The number of ether oxygens (including phenoxy) is 1. The van der Waals surface area contributed by atoms with Crippen LogP contribution in [0, 0.1) is 0 Å². The van der Waals surface area contributed by atoms with Crippen molar-refractivity contribution in [2.45, 2.75) is 38.0 Å². The first kappa shape index (κ1) is 17.7. The second kappa shape index (κ2) is 6.58. The van der Waals surface area contributed by atoms with E-state index in [4.69, 9.17) is 9.84 Å². The van der Waals surface area contributed by atoms with Gasteiger partial charge in [0.1, 0.15) is 5.75 Å². The Bertz CT molecular complexity index is 954. The van der Waals surface area contributed by atoms with Crippen LogP contribution in [0.3, 0.4) is 0 Å². The molecule has 1 saturated heterocycles. The van der Waals surface area contributed by atoms with Gasteiger partial charge in [0.15, 0.2) is 0 Å². The van der Waals surface area contributed by atoms with Crippen molar-refractivity contribution in [3.05, 3.63) is 58.3 Å². The second-order valence-electron chi connectivity index (χ2n) is 7.58. The van der Waals surface area contributed by atoms with Gasteiger partial charge in [0.25, 0.3) is 0 Å². The molecule has 3 aliphatic heterocycles. The number of aromatic nitrogens is 1. The third-order valence-electron chi connectivity index (χ3n) is 5.96. The Morgan fingerprint density at radius 1 is 1.21 bits per heavy atom. The summed E-state index contributed by atoms with van der Waals surface area (Å²) in [6.45, 7) is 3.00.